The zero-order chi connectivity index (χ0) is 10.2. The lowest BCUT2D eigenvalue weighted by Gasteiger charge is -2.49. The maximum absolute atomic E-state index is 6.04. The minimum Gasteiger partial charge on any atom is -0.329 e. The van der Waals surface area contributed by atoms with E-state index in [0.29, 0.717) is 5.54 Å². The third kappa shape index (κ3) is 1.40. The van der Waals surface area contributed by atoms with Crippen LogP contribution in [0.15, 0.2) is 0 Å². The molecular weight excluding hydrogens is 172 g/mol. The molecule has 0 aromatic rings. The first-order valence-corrected chi connectivity index (χ1v) is 6.14. The van der Waals surface area contributed by atoms with E-state index in [1.807, 2.05) is 0 Å². The minimum absolute atomic E-state index is 0.338. The lowest BCUT2D eigenvalue weighted by molar-refractivity contribution is 0.0165. The number of nitrogens with two attached hydrogens (primary N) is 1. The molecular formula is C12H24N2. The summed E-state index contributed by atoms with van der Waals surface area (Å²) >= 11 is 0. The maximum atomic E-state index is 6.04. The normalized spacial score (nSPS) is 39.0. The predicted octanol–water partition coefficient (Wildman–Crippen LogP) is 1.99. The van der Waals surface area contributed by atoms with Crippen molar-refractivity contribution in [1.29, 1.82) is 0 Å². The quantitative estimate of drug-likeness (QED) is 0.748. The molecule has 0 amide bonds. The molecule has 2 aliphatic carbocycles. The second-order valence-electron chi connectivity index (χ2n) is 5.30. The Kier molecular flexibility index (Phi) is 2.85. The van der Waals surface area contributed by atoms with Crippen LogP contribution in [0.1, 0.15) is 45.4 Å². The number of rotatable bonds is 3. The van der Waals surface area contributed by atoms with E-state index in [9.17, 15) is 0 Å². The van der Waals surface area contributed by atoms with Crippen LogP contribution >= 0.6 is 0 Å². The van der Waals surface area contributed by atoms with Crippen LogP contribution in [0.5, 0.6) is 0 Å². The summed E-state index contributed by atoms with van der Waals surface area (Å²) in [5.41, 5.74) is 6.37. The highest BCUT2D eigenvalue weighted by Gasteiger charge is 2.45. The van der Waals surface area contributed by atoms with Crippen molar-refractivity contribution in [3.8, 4) is 0 Å². The van der Waals surface area contributed by atoms with Crippen molar-refractivity contribution < 1.29 is 0 Å². The molecule has 2 saturated carbocycles. The van der Waals surface area contributed by atoms with Gasteiger partial charge in [0.05, 0.1) is 0 Å². The van der Waals surface area contributed by atoms with E-state index in [1.54, 1.807) is 0 Å². The van der Waals surface area contributed by atoms with Crippen LogP contribution in [-0.2, 0) is 0 Å². The van der Waals surface area contributed by atoms with E-state index < -0.39 is 0 Å². The highest BCUT2D eigenvalue weighted by atomic mass is 15.2. The molecule has 2 fully saturated rings. The van der Waals surface area contributed by atoms with Gasteiger partial charge in [0.2, 0.25) is 0 Å². The Hall–Kier alpha value is -0.0800. The molecule has 2 aliphatic rings. The number of hydrogen-bond donors (Lipinski definition) is 1. The zero-order valence-corrected chi connectivity index (χ0v) is 9.63. The lowest BCUT2D eigenvalue weighted by atomic mass is 9.81. The summed E-state index contributed by atoms with van der Waals surface area (Å²) in [7, 11) is 2.30. The third-order valence-corrected chi connectivity index (χ3v) is 4.84. The highest BCUT2D eigenvalue weighted by molar-refractivity contribution is 5.02. The summed E-state index contributed by atoms with van der Waals surface area (Å²) < 4.78 is 0. The molecule has 14 heavy (non-hydrogen) atoms. The van der Waals surface area contributed by atoms with E-state index in [1.165, 1.54) is 38.5 Å². The van der Waals surface area contributed by atoms with Gasteiger partial charge < -0.3 is 5.73 Å². The third-order valence-electron chi connectivity index (χ3n) is 4.84. The van der Waals surface area contributed by atoms with Crippen LogP contribution in [0.25, 0.3) is 0 Å². The number of hydrogen-bond acceptors (Lipinski definition) is 2. The van der Waals surface area contributed by atoms with Gasteiger partial charge in [0.25, 0.3) is 0 Å². The molecule has 2 unspecified atom stereocenters. The van der Waals surface area contributed by atoms with Gasteiger partial charge in [0.15, 0.2) is 0 Å². The topological polar surface area (TPSA) is 29.3 Å². The Morgan fingerprint density at radius 1 is 1.29 bits per heavy atom. The first-order valence-electron chi connectivity index (χ1n) is 6.14. The van der Waals surface area contributed by atoms with E-state index >= 15 is 0 Å². The predicted molar refractivity (Wildman–Crippen MR) is 60.2 cm³/mol. The average molecular weight is 196 g/mol. The van der Waals surface area contributed by atoms with Crippen LogP contribution in [0.2, 0.25) is 0 Å². The summed E-state index contributed by atoms with van der Waals surface area (Å²) in [6.45, 7) is 3.23. The molecule has 0 heterocycles. The van der Waals surface area contributed by atoms with E-state index in [2.05, 4.69) is 18.9 Å². The molecule has 0 spiro atoms. The first kappa shape index (κ1) is 10.4. The number of likely N-dealkylation sites (N-methyl/N-ethyl adjacent to an activating group) is 1. The summed E-state index contributed by atoms with van der Waals surface area (Å²) in [5, 5.41) is 0. The summed E-state index contributed by atoms with van der Waals surface area (Å²) in [5.74, 6) is 0.790. The Balaban J connectivity index is 2.09. The van der Waals surface area contributed by atoms with Gasteiger partial charge in [-0.1, -0.05) is 19.8 Å². The molecule has 2 atom stereocenters. The minimum atomic E-state index is 0.338. The molecule has 2 N–H and O–H groups in total. The first-order chi connectivity index (χ1) is 6.70. The molecule has 0 bridgehead atoms. The second-order valence-corrected chi connectivity index (χ2v) is 5.30. The molecule has 2 nitrogen and oxygen atoms in total. The molecule has 2 rings (SSSR count). The molecule has 0 aromatic carbocycles. The van der Waals surface area contributed by atoms with Gasteiger partial charge in [-0.2, -0.15) is 0 Å². The van der Waals surface area contributed by atoms with E-state index in [0.717, 1.165) is 18.5 Å². The largest absolute Gasteiger partial charge is 0.329 e. The molecule has 0 radical (unpaired) electrons. The fraction of sp³-hybridized carbons (Fsp3) is 1.00. The maximum Gasteiger partial charge on any atom is 0.0357 e. The molecule has 0 aliphatic heterocycles. The van der Waals surface area contributed by atoms with Crippen molar-refractivity contribution in [2.24, 2.45) is 11.7 Å². The average Bonchev–Trinajstić information content (AvgIpc) is 2.44. The molecule has 2 heteroatoms. The van der Waals surface area contributed by atoms with Gasteiger partial charge in [-0.25, -0.2) is 0 Å². The van der Waals surface area contributed by atoms with Gasteiger partial charge in [-0.3, -0.25) is 4.90 Å². The molecule has 0 aromatic heterocycles. The van der Waals surface area contributed by atoms with Gasteiger partial charge >= 0.3 is 0 Å². The van der Waals surface area contributed by atoms with Crippen LogP contribution in [0, 0.1) is 5.92 Å². The second kappa shape index (κ2) is 3.82. The standard InChI is InChI=1S/C12H24N2/c1-10-5-4-8-12(10,9-13)14(2)11-6-3-7-11/h10-11H,3-9,13H2,1-2H3. The Morgan fingerprint density at radius 2 is 2.00 bits per heavy atom. The summed E-state index contributed by atoms with van der Waals surface area (Å²) in [6.07, 6.45) is 8.27. The van der Waals surface area contributed by atoms with Crippen molar-refractivity contribution in [1.82, 2.24) is 4.90 Å². The van der Waals surface area contributed by atoms with Crippen LogP contribution < -0.4 is 5.73 Å². The van der Waals surface area contributed by atoms with Crippen molar-refractivity contribution in [3.05, 3.63) is 0 Å². The van der Waals surface area contributed by atoms with Gasteiger partial charge in [-0.05, 0) is 38.6 Å². The van der Waals surface area contributed by atoms with Gasteiger partial charge in [0.1, 0.15) is 0 Å². The van der Waals surface area contributed by atoms with E-state index in [4.69, 9.17) is 5.73 Å². The van der Waals surface area contributed by atoms with Crippen molar-refractivity contribution in [3.63, 3.8) is 0 Å². The Bertz CT molecular complexity index is 200. The van der Waals surface area contributed by atoms with E-state index in [-0.39, 0.29) is 0 Å². The van der Waals surface area contributed by atoms with Gasteiger partial charge in [0, 0.05) is 18.1 Å². The van der Waals surface area contributed by atoms with Crippen LogP contribution in [0.4, 0.5) is 0 Å². The fourth-order valence-electron chi connectivity index (χ4n) is 3.34. The van der Waals surface area contributed by atoms with Crippen molar-refractivity contribution in [2.75, 3.05) is 13.6 Å². The summed E-state index contributed by atoms with van der Waals surface area (Å²) in [6, 6.07) is 0.832. The highest BCUT2D eigenvalue weighted by Crippen LogP contribution is 2.42. The Morgan fingerprint density at radius 3 is 2.36 bits per heavy atom. The van der Waals surface area contributed by atoms with Crippen molar-refractivity contribution in [2.45, 2.75) is 57.0 Å². The lowest BCUT2D eigenvalue weighted by Crippen LogP contribution is -2.59. The molecule has 0 saturated heterocycles. The zero-order valence-electron chi connectivity index (χ0n) is 9.63. The van der Waals surface area contributed by atoms with Crippen LogP contribution in [0.3, 0.4) is 0 Å². The van der Waals surface area contributed by atoms with Gasteiger partial charge in [-0.15, -0.1) is 0 Å². The smallest absolute Gasteiger partial charge is 0.0357 e. The molecule has 82 valence electrons. The van der Waals surface area contributed by atoms with Crippen LogP contribution in [-0.4, -0.2) is 30.1 Å². The summed E-state index contributed by atoms with van der Waals surface area (Å²) in [4.78, 5) is 2.62. The number of nitrogens with zero attached hydrogens (tertiary/aromatic N) is 1. The Labute approximate surface area is 87.8 Å². The monoisotopic (exact) mass is 196 g/mol. The SMILES string of the molecule is CC1CCCC1(CN)N(C)C1CCC1. The van der Waals surface area contributed by atoms with Crippen molar-refractivity contribution >= 4 is 0 Å². The fourth-order valence-corrected chi connectivity index (χ4v) is 3.34.